The van der Waals surface area contributed by atoms with Gasteiger partial charge in [-0.1, -0.05) is 29.2 Å². The first-order valence-corrected chi connectivity index (χ1v) is 7.84. The molecule has 1 N–H and O–H groups in total. The Morgan fingerprint density at radius 3 is 2.90 bits per heavy atom. The Kier molecular flexibility index (Phi) is 5.29. The monoisotopic (exact) mass is 323 g/mol. The van der Waals surface area contributed by atoms with Crippen molar-refractivity contribution in [3.8, 4) is 0 Å². The summed E-state index contributed by atoms with van der Waals surface area (Å²) in [5.41, 5.74) is 3.48. The number of benzene rings is 1. The minimum absolute atomic E-state index is 0.166. The summed E-state index contributed by atoms with van der Waals surface area (Å²) in [5.74, 6) is -0.370. The van der Waals surface area contributed by atoms with Gasteiger partial charge in [0.15, 0.2) is 4.34 Å². The minimum Gasteiger partial charge on any atom is -0.465 e. The van der Waals surface area contributed by atoms with Crippen molar-refractivity contribution in [1.29, 1.82) is 0 Å². The van der Waals surface area contributed by atoms with Crippen LogP contribution in [0.25, 0.3) is 0 Å². The van der Waals surface area contributed by atoms with E-state index in [4.69, 9.17) is 0 Å². The molecular formula is C13H13N3O3S2. The van der Waals surface area contributed by atoms with Crippen LogP contribution < -0.4 is 5.32 Å². The lowest BCUT2D eigenvalue weighted by atomic mass is 10.1. The topological polar surface area (TPSA) is 81.2 Å². The third-order valence-electron chi connectivity index (χ3n) is 2.60. The molecule has 0 saturated heterocycles. The van der Waals surface area contributed by atoms with E-state index in [1.54, 1.807) is 23.7 Å². The summed E-state index contributed by atoms with van der Waals surface area (Å²) in [6.07, 6.45) is 0. The van der Waals surface area contributed by atoms with Crippen LogP contribution in [-0.4, -0.2) is 34.9 Å². The Morgan fingerprint density at radius 1 is 1.43 bits per heavy atom. The van der Waals surface area contributed by atoms with Crippen LogP contribution in [0.4, 0.5) is 5.69 Å². The van der Waals surface area contributed by atoms with Crippen molar-refractivity contribution in [3.63, 3.8) is 0 Å². The minimum atomic E-state index is -0.436. The molecule has 0 spiro atoms. The van der Waals surface area contributed by atoms with Crippen molar-refractivity contribution in [3.05, 3.63) is 34.8 Å². The quantitative estimate of drug-likeness (QED) is 0.672. The van der Waals surface area contributed by atoms with Gasteiger partial charge >= 0.3 is 5.97 Å². The number of nitrogens with zero attached hydrogens (tertiary/aromatic N) is 2. The second-order valence-corrected chi connectivity index (χ2v) is 6.12. The van der Waals surface area contributed by atoms with Crippen molar-refractivity contribution in [2.45, 2.75) is 11.3 Å². The van der Waals surface area contributed by atoms with Gasteiger partial charge in [0, 0.05) is 5.69 Å². The van der Waals surface area contributed by atoms with E-state index < -0.39 is 5.97 Å². The zero-order valence-corrected chi connectivity index (χ0v) is 13.1. The Balaban J connectivity index is 2.01. The summed E-state index contributed by atoms with van der Waals surface area (Å²) in [7, 11) is 1.32. The van der Waals surface area contributed by atoms with Gasteiger partial charge < -0.3 is 10.1 Å². The van der Waals surface area contributed by atoms with E-state index in [9.17, 15) is 9.59 Å². The summed E-state index contributed by atoms with van der Waals surface area (Å²) in [4.78, 5) is 23.4. The fourth-order valence-electron chi connectivity index (χ4n) is 1.54. The van der Waals surface area contributed by atoms with E-state index in [0.29, 0.717) is 11.3 Å². The summed E-state index contributed by atoms with van der Waals surface area (Å²) < 4.78 is 5.40. The number of thioether (sulfide) groups is 1. The highest BCUT2D eigenvalue weighted by atomic mass is 32.2. The predicted octanol–water partition coefficient (Wildman–Crippen LogP) is 2.36. The van der Waals surface area contributed by atoms with Gasteiger partial charge in [0.25, 0.3) is 0 Å². The number of rotatable bonds is 5. The van der Waals surface area contributed by atoms with Gasteiger partial charge in [-0.15, -0.1) is 10.2 Å². The van der Waals surface area contributed by atoms with E-state index in [0.717, 1.165) is 9.90 Å². The predicted molar refractivity (Wildman–Crippen MR) is 81.8 cm³/mol. The highest BCUT2D eigenvalue weighted by Crippen LogP contribution is 2.21. The molecule has 0 fully saturated rings. The number of aromatic nitrogens is 2. The molecule has 110 valence electrons. The molecule has 0 aliphatic heterocycles. The molecule has 21 heavy (non-hydrogen) atoms. The third-order valence-corrected chi connectivity index (χ3v) is 4.46. The van der Waals surface area contributed by atoms with Gasteiger partial charge in [0.1, 0.15) is 5.51 Å². The largest absolute Gasteiger partial charge is 0.465 e. The van der Waals surface area contributed by atoms with Crippen LogP contribution in [0.2, 0.25) is 0 Å². The summed E-state index contributed by atoms with van der Waals surface area (Å²) in [6, 6.07) is 5.03. The van der Waals surface area contributed by atoms with E-state index in [1.807, 2.05) is 6.92 Å². The Labute approximate surface area is 129 Å². The normalized spacial score (nSPS) is 10.2. The van der Waals surface area contributed by atoms with E-state index in [1.165, 1.54) is 30.2 Å². The molecule has 1 heterocycles. The van der Waals surface area contributed by atoms with Crippen LogP contribution in [0.3, 0.4) is 0 Å². The fraction of sp³-hybridized carbons (Fsp3) is 0.231. The van der Waals surface area contributed by atoms with Gasteiger partial charge in [0.05, 0.1) is 18.4 Å². The first kappa shape index (κ1) is 15.5. The summed E-state index contributed by atoms with van der Waals surface area (Å²) >= 11 is 2.70. The lowest BCUT2D eigenvalue weighted by molar-refractivity contribution is -0.113. The number of hydrogen-bond donors (Lipinski definition) is 1. The summed E-state index contributed by atoms with van der Waals surface area (Å²) in [5, 5.41) is 10.3. The molecule has 0 atom stereocenters. The zero-order valence-electron chi connectivity index (χ0n) is 11.5. The Morgan fingerprint density at radius 2 is 2.24 bits per heavy atom. The number of nitrogens with one attached hydrogen (secondary N) is 1. The smallest absolute Gasteiger partial charge is 0.337 e. The van der Waals surface area contributed by atoms with Gasteiger partial charge in [-0.25, -0.2) is 4.79 Å². The fourth-order valence-corrected chi connectivity index (χ4v) is 2.83. The van der Waals surface area contributed by atoms with Crippen molar-refractivity contribution < 1.29 is 14.3 Å². The van der Waals surface area contributed by atoms with E-state index in [2.05, 4.69) is 20.3 Å². The van der Waals surface area contributed by atoms with Crippen molar-refractivity contribution in [1.82, 2.24) is 10.2 Å². The molecule has 1 amide bonds. The molecule has 0 aliphatic carbocycles. The number of ether oxygens (including phenoxy) is 1. The molecule has 0 bridgehead atoms. The van der Waals surface area contributed by atoms with Crippen LogP contribution >= 0.6 is 23.1 Å². The van der Waals surface area contributed by atoms with Crippen LogP contribution in [0.5, 0.6) is 0 Å². The maximum Gasteiger partial charge on any atom is 0.337 e. The summed E-state index contributed by atoms with van der Waals surface area (Å²) in [6.45, 7) is 1.86. The second-order valence-electron chi connectivity index (χ2n) is 4.06. The average Bonchev–Trinajstić information content (AvgIpc) is 3.00. The molecule has 0 unspecified atom stereocenters. The average molecular weight is 323 g/mol. The van der Waals surface area contributed by atoms with Crippen LogP contribution in [-0.2, 0) is 9.53 Å². The van der Waals surface area contributed by atoms with E-state index in [-0.39, 0.29) is 11.7 Å². The molecule has 0 aliphatic rings. The van der Waals surface area contributed by atoms with Gasteiger partial charge in [-0.05, 0) is 24.6 Å². The first-order valence-electron chi connectivity index (χ1n) is 5.98. The number of aryl methyl sites for hydroxylation is 1. The zero-order chi connectivity index (χ0) is 15.2. The Hall–Kier alpha value is -1.93. The number of carbonyl (C=O) groups excluding carboxylic acids is 2. The van der Waals surface area contributed by atoms with Gasteiger partial charge in [-0.3, -0.25) is 4.79 Å². The second kappa shape index (κ2) is 7.19. The molecule has 2 rings (SSSR count). The lowest BCUT2D eigenvalue weighted by Gasteiger charge is -2.09. The van der Waals surface area contributed by atoms with Crippen LogP contribution in [0.15, 0.2) is 28.0 Å². The highest BCUT2D eigenvalue weighted by Gasteiger charge is 2.11. The maximum absolute atomic E-state index is 11.9. The van der Waals surface area contributed by atoms with Gasteiger partial charge in [0.2, 0.25) is 5.91 Å². The third kappa shape index (κ3) is 4.27. The number of amides is 1. The molecular weight excluding hydrogens is 310 g/mol. The number of carbonyl (C=O) groups is 2. The molecule has 1 aromatic heterocycles. The molecule has 0 saturated carbocycles. The molecule has 0 radical (unpaired) electrons. The number of methoxy groups -OCH3 is 1. The highest BCUT2D eigenvalue weighted by molar-refractivity contribution is 8.01. The molecule has 6 nitrogen and oxygen atoms in total. The molecule has 2 aromatic rings. The van der Waals surface area contributed by atoms with E-state index >= 15 is 0 Å². The van der Waals surface area contributed by atoms with Crippen LogP contribution in [0.1, 0.15) is 15.9 Å². The number of hydrogen-bond acceptors (Lipinski definition) is 7. The number of anilines is 1. The maximum atomic E-state index is 11.9. The molecule has 8 heteroatoms. The Bertz CT molecular complexity index is 644. The lowest BCUT2D eigenvalue weighted by Crippen LogP contribution is -2.15. The van der Waals surface area contributed by atoms with Gasteiger partial charge in [-0.2, -0.15) is 0 Å². The van der Waals surface area contributed by atoms with Crippen LogP contribution in [0, 0.1) is 6.92 Å². The molecule has 1 aromatic carbocycles. The van der Waals surface area contributed by atoms with Crippen molar-refractivity contribution in [2.75, 3.05) is 18.2 Å². The standard InChI is InChI=1S/C13H13N3O3S2/c1-8-3-4-9(12(18)19-2)5-10(8)15-11(17)6-20-13-16-14-7-21-13/h3-5,7H,6H2,1-2H3,(H,15,17). The van der Waals surface area contributed by atoms with Crippen molar-refractivity contribution in [2.24, 2.45) is 0 Å². The van der Waals surface area contributed by atoms with Crippen molar-refractivity contribution >= 4 is 40.7 Å². The SMILES string of the molecule is COC(=O)c1ccc(C)c(NC(=O)CSc2nncs2)c1. The first-order chi connectivity index (χ1) is 10.1. The number of esters is 1.